The first-order chi connectivity index (χ1) is 10.1. The van der Waals surface area contributed by atoms with E-state index in [-0.39, 0.29) is 12.1 Å². The summed E-state index contributed by atoms with van der Waals surface area (Å²) in [5.74, 6) is 0.950. The third-order valence-electron chi connectivity index (χ3n) is 2.81. The Hall–Kier alpha value is -1.54. The molecule has 2 aromatic heterocycles. The molecule has 114 valence electrons. The highest BCUT2D eigenvalue weighted by atomic mass is 32.2. The second kappa shape index (κ2) is 8.04. The van der Waals surface area contributed by atoms with Crippen molar-refractivity contribution in [2.75, 3.05) is 12.3 Å². The van der Waals surface area contributed by atoms with Crippen LogP contribution in [-0.4, -0.2) is 33.1 Å². The zero-order valence-corrected chi connectivity index (χ0v) is 13.7. The normalized spacial score (nSPS) is 12.1. The largest absolute Gasteiger partial charge is 0.338 e. The fraction of sp³-hybridized carbons (Fsp3) is 0.462. The van der Waals surface area contributed by atoms with E-state index in [4.69, 9.17) is 0 Å². The molecule has 0 fully saturated rings. The van der Waals surface area contributed by atoms with Gasteiger partial charge in [-0.05, 0) is 13.3 Å². The Morgan fingerprint density at radius 3 is 3.10 bits per heavy atom. The van der Waals surface area contributed by atoms with Crippen molar-refractivity contribution in [2.24, 2.45) is 7.05 Å². The predicted octanol–water partition coefficient (Wildman–Crippen LogP) is 2.42. The van der Waals surface area contributed by atoms with Crippen molar-refractivity contribution in [3.63, 3.8) is 0 Å². The summed E-state index contributed by atoms with van der Waals surface area (Å²) >= 11 is 3.36. The standard InChI is InChI=1S/C13H19N5OS2/c1-10(11-8-16-18(2)9-11)17-12(19)14-4-3-6-20-13-15-5-7-21-13/h5,7-10H,3-4,6H2,1-2H3,(H2,14,17,19). The Morgan fingerprint density at radius 1 is 1.57 bits per heavy atom. The molecule has 6 nitrogen and oxygen atoms in total. The van der Waals surface area contributed by atoms with Gasteiger partial charge in [0, 0.05) is 42.7 Å². The van der Waals surface area contributed by atoms with E-state index in [9.17, 15) is 4.79 Å². The van der Waals surface area contributed by atoms with Crippen molar-refractivity contribution >= 4 is 29.1 Å². The summed E-state index contributed by atoms with van der Waals surface area (Å²) in [7, 11) is 1.86. The molecule has 21 heavy (non-hydrogen) atoms. The maximum Gasteiger partial charge on any atom is 0.315 e. The Morgan fingerprint density at radius 2 is 2.43 bits per heavy atom. The molecule has 0 aromatic carbocycles. The maximum atomic E-state index is 11.8. The van der Waals surface area contributed by atoms with Crippen molar-refractivity contribution < 1.29 is 4.79 Å². The number of carbonyl (C=O) groups is 1. The topological polar surface area (TPSA) is 71.8 Å². The maximum absolute atomic E-state index is 11.8. The summed E-state index contributed by atoms with van der Waals surface area (Å²) in [6, 6.07) is -0.200. The molecule has 0 bridgehead atoms. The molecule has 0 radical (unpaired) electrons. The Bertz CT molecular complexity index is 555. The van der Waals surface area contributed by atoms with Crippen LogP contribution in [0.1, 0.15) is 24.9 Å². The minimum Gasteiger partial charge on any atom is -0.338 e. The summed E-state index contributed by atoms with van der Waals surface area (Å²) in [5.41, 5.74) is 0.993. The number of nitrogens with one attached hydrogen (secondary N) is 2. The van der Waals surface area contributed by atoms with E-state index < -0.39 is 0 Å². The van der Waals surface area contributed by atoms with Crippen LogP contribution in [-0.2, 0) is 7.05 Å². The fourth-order valence-electron chi connectivity index (χ4n) is 1.71. The molecule has 0 saturated heterocycles. The molecule has 2 heterocycles. The van der Waals surface area contributed by atoms with Gasteiger partial charge in [0.05, 0.1) is 12.2 Å². The molecule has 2 N–H and O–H groups in total. The Balaban J connectivity index is 1.59. The monoisotopic (exact) mass is 325 g/mol. The van der Waals surface area contributed by atoms with Gasteiger partial charge in [0.1, 0.15) is 4.34 Å². The smallest absolute Gasteiger partial charge is 0.315 e. The molecule has 8 heteroatoms. The highest BCUT2D eigenvalue weighted by molar-refractivity contribution is 8.00. The number of thiazole rings is 1. The molecule has 0 saturated carbocycles. The lowest BCUT2D eigenvalue weighted by atomic mass is 10.2. The van der Waals surface area contributed by atoms with Gasteiger partial charge in [-0.2, -0.15) is 5.10 Å². The number of carbonyl (C=O) groups excluding carboxylic acids is 1. The Kier molecular flexibility index (Phi) is 6.06. The van der Waals surface area contributed by atoms with Gasteiger partial charge < -0.3 is 10.6 Å². The summed E-state index contributed by atoms with van der Waals surface area (Å²) in [4.78, 5) is 16.0. The molecule has 0 aliphatic carbocycles. The van der Waals surface area contributed by atoms with E-state index in [0.29, 0.717) is 6.54 Å². The van der Waals surface area contributed by atoms with Crippen LogP contribution < -0.4 is 10.6 Å². The molecule has 2 aromatic rings. The van der Waals surface area contributed by atoms with E-state index in [1.165, 1.54) is 0 Å². The molecular weight excluding hydrogens is 306 g/mol. The van der Waals surface area contributed by atoms with Crippen LogP contribution in [0.4, 0.5) is 4.79 Å². The van der Waals surface area contributed by atoms with Gasteiger partial charge in [-0.3, -0.25) is 4.68 Å². The van der Waals surface area contributed by atoms with E-state index in [0.717, 1.165) is 22.1 Å². The van der Waals surface area contributed by atoms with Gasteiger partial charge in [0.25, 0.3) is 0 Å². The molecule has 0 aliphatic heterocycles. The number of thioether (sulfide) groups is 1. The van der Waals surface area contributed by atoms with Gasteiger partial charge in [0.15, 0.2) is 0 Å². The average molecular weight is 325 g/mol. The van der Waals surface area contributed by atoms with Gasteiger partial charge in [-0.1, -0.05) is 11.8 Å². The van der Waals surface area contributed by atoms with Crippen molar-refractivity contribution in [3.8, 4) is 0 Å². The van der Waals surface area contributed by atoms with Crippen molar-refractivity contribution in [1.82, 2.24) is 25.4 Å². The minimum absolute atomic E-state index is 0.0524. The summed E-state index contributed by atoms with van der Waals surface area (Å²) in [6.07, 6.45) is 6.38. The number of hydrogen-bond donors (Lipinski definition) is 2. The predicted molar refractivity (Wildman–Crippen MR) is 85.6 cm³/mol. The van der Waals surface area contributed by atoms with Gasteiger partial charge in [-0.15, -0.1) is 11.3 Å². The van der Waals surface area contributed by atoms with E-state index >= 15 is 0 Å². The van der Waals surface area contributed by atoms with Crippen LogP contribution in [0.2, 0.25) is 0 Å². The molecule has 2 rings (SSSR count). The zero-order valence-electron chi connectivity index (χ0n) is 12.1. The first-order valence-electron chi connectivity index (χ1n) is 6.70. The first kappa shape index (κ1) is 15.8. The second-order valence-corrected chi connectivity index (χ2v) is 6.81. The summed E-state index contributed by atoms with van der Waals surface area (Å²) in [5, 5.41) is 11.8. The van der Waals surface area contributed by atoms with Crippen LogP contribution >= 0.6 is 23.1 Å². The van der Waals surface area contributed by atoms with Crippen LogP contribution in [0.25, 0.3) is 0 Å². The molecule has 0 spiro atoms. The van der Waals surface area contributed by atoms with Crippen LogP contribution in [0.5, 0.6) is 0 Å². The van der Waals surface area contributed by atoms with Gasteiger partial charge in [-0.25, -0.2) is 9.78 Å². The molecule has 0 aliphatic rings. The van der Waals surface area contributed by atoms with Crippen molar-refractivity contribution in [2.45, 2.75) is 23.7 Å². The second-order valence-electron chi connectivity index (χ2n) is 4.57. The third-order valence-corrected chi connectivity index (χ3v) is 4.87. The lowest BCUT2D eigenvalue weighted by Gasteiger charge is -2.12. The molecule has 1 unspecified atom stereocenters. The van der Waals surface area contributed by atoms with Crippen molar-refractivity contribution in [1.29, 1.82) is 0 Å². The van der Waals surface area contributed by atoms with Crippen LogP contribution in [0.3, 0.4) is 0 Å². The third kappa shape index (κ3) is 5.39. The Labute approximate surface area is 132 Å². The van der Waals surface area contributed by atoms with E-state index in [2.05, 4.69) is 20.7 Å². The highest BCUT2D eigenvalue weighted by Crippen LogP contribution is 2.20. The number of nitrogens with zero attached hydrogens (tertiary/aromatic N) is 3. The van der Waals surface area contributed by atoms with Gasteiger partial charge in [0.2, 0.25) is 0 Å². The van der Waals surface area contributed by atoms with E-state index in [1.807, 2.05) is 25.5 Å². The van der Waals surface area contributed by atoms with Crippen molar-refractivity contribution in [3.05, 3.63) is 29.5 Å². The summed E-state index contributed by atoms with van der Waals surface area (Å²) in [6.45, 7) is 2.60. The number of urea groups is 1. The number of aryl methyl sites for hydroxylation is 1. The zero-order chi connectivity index (χ0) is 15.1. The number of amides is 2. The number of aromatic nitrogens is 3. The first-order valence-corrected chi connectivity index (χ1v) is 8.57. The fourth-order valence-corrected chi connectivity index (χ4v) is 3.36. The van der Waals surface area contributed by atoms with E-state index in [1.54, 1.807) is 40.2 Å². The quantitative estimate of drug-likeness (QED) is 0.606. The summed E-state index contributed by atoms with van der Waals surface area (Å²) < 4.78 is 2.80. The molecule has 2 amide bonds. The lowest BCUT2D eigenvalue weighted by Crippen LogP contribution is -2.37. The van der Waals surface area contributed by atoms with Crippen LogP contribution in [0, 0.1) is 0 Å². The number of rotatable bonds is 7. The van der Waals surface area contributed by atoms with Crippen LogP contribution in [0.15, 0.2) is 28.3 Å². The highest BCUT2D eigenvalue weighted by Gasteiger charge is 2.10. The molecule has 1 atom stereocenters. The number of hydrogen-bond acceptors (Lipinski definition) is 5. The van der Waals surface area contributed by atoms with Gasteiger partial charge >= 0.3 is 6.03 Å². The SMILES string of the molecule is CC(NC(=O)NCCCSc1nccs1)c1cnn(C)c1. The molecular formula is C13H19N5OS2. The minimum atomic E-state index is -0.148. The average Bonchev–Trinajstić information content (AvgIpc) is 3.09. The lowest BCUT2D eigenvalue weighted by molar-refractivity contribution is 0.238.